The number of anilines is 1. The van der Waals surface area contributed by atoms with E-state index >= 15 is 0 Å². The number of aliphatic hydroxyl groups excluding tert-OH is 1. The van der Waals surface area contributed by atoms with E-state index < -0.39 is 36.2 Å². The topological polar surface area (TPSA) is 94.1 Å². The zero-order valence-electron chi connectivity index (χ0n) is 18.4. The van der Waals surface area contributed by atoms with E-state index in [0.717, 1.165) is 11.1 Å². The van der Waals surface area contributed by atoms with Crippen molar-refractivity contribution in [2.75, 3.05) is 5.32 Å². The van der Waals surface area contributed by atoms with Crippen LogP contribution in [0.1, 0.15) is 55.6 Å². The minimum absolute atomic E-state index is 0.0214. The van der Waals surface area contributed by atoms with E-state index in [1.807, 2.05) is 26.8 Å². The van der Waals surface area contributed by atoms with Crippen LogP contribution >= 0.6 is 0 Å². The molecule has 7 nitrogen and oxygen atoms in total. The Labute approximate surface area is 177 Å². The van der Waals surface area contributed by atoms with Crippen LogP contribution in [0.2, 0.25) is 0 Å². The highest BCUT2D eigenvalue weighted by atomic mass is 16.8. The van der Waals surface area contributed by atoms with Crippen molar-refractivity contribution < 1.29 is 28.9 Å². The van der Waals surface area contributed by atoms with Gasteiger partial charge in [0.1, 0.15) is 18.3 Å². The summed E-state index contributed by atoms with van der Waals surface area (Å²) in [5, 5.41) is 13.5. The number of rotatable bonds is 0. The average molecular weight is 418 g/mol. The summed E-state index contributed by atoms with van der Waals surface area (Å²) in [6.45, 7) is 10.9. The fourth-order valence-electron chi connectivity index (χ4n) is 3.92. The number of fused-ring (bicyclic) bond motifs is 2. The van der Waals surface area contributed by atoms with Gasteiger partial charge in [0.05, 0.1) is 23.8 Å². The number of nitrogens with one attached hydrogen (secondary N) is 1. The molecule has 0 aromatic heterocycles. The summed E-state index contributed by atoms with van der Waals surface area (Å²) in [5.74, 6) is -1.88. The first-order valence-electron chi connectivity index (χ1n) is 10.3. The zero-order valence-corrected chi connectivity index (χ0v) is 18.4. The second-order valence-corrected chi connectivity index (χ2v) is 8.74. The van der Waals surface area contributed by atoms with Crippen molar-refractivity contribution in [3.05, 3.63) is 41.0 Å². The summed E-state index contributed by atoms with van der Waals surface area (Å²) in [7, 11) is 0. The van der Waals surface area contributed by atoms with Gasteiger partial charge >= 0.3 is 5.97 Å². The molecular formula is C23H31NO6. The molecule has 1 unspecified atom stereocenters. The number of hydrogen-bond acceptors (Lipinski definition) is 6. The van der Waals surface area contributed by atoms with E-state index in [1.54, 1.807) is 39.0 Å². The Kier molecular flexibility index (Phi) is 6.36. The number of benzene rings is 1. The Morgan fingerprint density at radius 1 is 1.10 bits per heavy atom. The first-order chi connectivity index (χ1) is 14.0. The molecule has 2 heterocycles. The fourth-order valence-corrected chi connectivity index (χ4v) is 3.92. The molecule has 1 fully saturated rings. The Hall–Kier alpha value is -2.22. The van der Waals surface area contributed by atoms with Crippen LogP contribution in [0, 0.1) is 19.8 Å². The molecule has 1 saturated heterocycles. The second kappa shape index (κ2) is 8.49. The molecule has 0 spiro atoms. The Bertz CT molecular complexity index is 861. The largest absolute Gasteiger partial charge is 0.458 e. The van der Waals surface area contributed by atoms with Crippen molar-refractivity contribution >= 4 is 17.6 Å². The quantitative estimate of drug-likeness (QED) is 0.497. The van der Waals surface area contributed by atoms with Gasteiger partial charge in [-0.15, -0.1) is 0 Å². The second-order valence-electron chi connectivity index (χ2n) is 8.74. The normalized spacial score (nSPS) is 33.0. The van der Waals surface area contributed by atoms with Gasteiger partial charge in [-0.1, -0.05) is 25.1 Å². The van der Waals surface area contributed by atoms with Gasteiger partial charge in [-0.05, 0) is 51.8 Å². The third-order valence-electron chi connectivity index (χ3n) is 5.55. The molecule has 30 heavy (non-hydrogen) atoms. The average Bonchev–Trinajstić information content (AvgIpc) is 2.91. The predicted molar refractivity (Wildman–Crippen MR) is 112 cm³/mol. The van der Waals surface area contributed by atoms with Gasteiger partial charge in [-0.25, -0.2) is 4.79 Å². The van der Waals surface area contributed by atoms with Gasteiger partial charge in [0.15, 0.2) is 5.79 Å². The van der Waals surface area contributed by atoms with E-state index in [0.29, 0.717) is 11.3 Å². The number of ether oxygens (including phenoxy) is 3. The summed E-state index contributed by atoms with van der Waals surface area (Å²) in [4.78, 5) is 25.7. The molecule has 1 aromatic carbocycles. The molecule has 5 atom stereocenters. The predicted octanol–water partition coefficient (Wildman–Crippen LogP) is 3.26. The van der Waals surface area contributed by atoms with Gasteiger partial charge in [-0.3, -0.25) is 4.79 Å². The molecule has 3 rings (SSSR count). The van der Waals surface area contributed by atoms with Crippen LogP contribution in [0.3, 0.4) is 0 Å². The van der Waals surface area contributed by atoms with Gasteiger partial charge in [-0.2, -0.15) is 0 Å². The van der Waals surface area contributed by atoms with Crippen LogP contribution < -0.4 is 5.32 Å². The van der Waals surface area contributed by atoms with Gasteiger partial charge in [0, 0.05) is 5.92 Å². The van der Waals surface area contributed by atoms with Crippen LogP contribution in [0.15, 0.2) is 24.3 Å². The van der Waals surface area contributed by atoms with Crippen molar-refractivity contribution in [1.29, 1.82) is 0 Å². The first-order valence-corrected chi connectivity index (χ1v) is 10.3. The molecule has 0 aliphatic carbocycles. The van der Waals surface area contributed by atoms with Crippen LogP contribution in [0.4, 0.5) is 5.69 Å². The number of carbonyl (C=O) groups excluding carboxylic acids is 2. The molecule has 7 heteroatoms. The SMILES string of the molecule is Cc1cc(C)c2c(c1)NC(=O)C[C@@H]1OC(C)(C)O[C@@H]1C(O)/C=C\[C@@H](C)[C@H](C)OC2=O. The number of cyclic esters (lactones) is 1. The first kappa shape index (κ1) is 22.5. The molecule has 0 radical (unpaired) electrons. The van der Waals surface area contributed by atoms with E-state index in [1.165, 1.54) is 0 Å². The number of amides is 1. The summed E-state index contributed by atoms with van der Waals surface area (Å²) in [6.07, 6.45) is 0.681. The molecule has 0 saturated carbocycles. The highest BCUT2D eigenvalue weighted by Gasteiger charge is 2.45. The molecule has 1 aromatic rings. The number of aryl methyl sites for hydroxylation is 2. The van der Waals surface area contributed by atoms with Gasteiger partial charge in [0.2, 0.25) is 5.91 Å². The fraction of sp³-hybridized carbons (Fsp3) is 0.565. The summed E-state index contributed by atoms with van der Waals surface area (Å²) in [5.41, 5.74) is 2.40. The van der Waals surface area contributed by atoms with Crippen molar-refractivity contribution in [1.82, 2.24) is 0 Å². The van der Waals surface area contributed by atoms with E-state index in [4.69, 9.17) is 14.2 Å². The number of hydrogen-bond donors (Lipinski definition) is 2. The van der Waals surface area contributed by atoms with Crippen molar-refractivity contribution in [2.24, 2.45) is 5.92 Å². The number of aliphatic hydroxyl groups is 1. The molecule has 2 aliphatic rings. The van der Waals surface area contributed by atoms with Gasteiger partial charge < -0.3 is 24.6 Å². The highest BCUT2D eigenvalue weighted by molar-refractivity contribution is 6.02. The maximum Gasteiger partial charge on any atom is 0.340 e. The van der Waals surface area contributed by atoms with Crippen LogP contribution in [0.25, 0.3) is 0 Å². The van der Waals surface area contributed by atoms with E-state index in [9.17, 15) is 14.7 Å². The molecule has 164 valence electrons. The zero-order chi connectivity index (χ0) is 22.2. The Morgan fingerprint density at radius 3 is 2.50 bits per heavy atom. The Balaban J connectivity index is 2.01. The van der Waals surface area contributed by atoms with Gasteiger partial charge in [0.25, 0.3) is 0 Å². The number of carbonyl (C=O) groups is 2. The highest BCUT2D eigenvalue weighted by Crippen LogP contribution is 2.33. The summed E-state index contributed by atoms with van der Waals surface area (Å²) in [6, 6.07) is 3.63. The lowest BCUT2D eigenvalue weighted by atomic mass is 9.99. The van der Waals surface area contributed by atoms with Crippen LogP contribution in [-0.4, -0.2) is 47.2 Å². The lowest BCUT2D eigenvalue weighted by molar-refractivity contribution is -0.153. The maximum atomic E-state index is 12.9. The summed E-state index contributed by atoms with van der Waals surface area (Å²) >= 11 is 0. The third-order valence-corrected chi connectivity index (χ3v) is 5.55. The Morgan fingerprint density at radius 2 is 1.80 bits per heavy atom. The van der Waals surface area contributed by atoms with Crippen LogP contribution in [0.5, 0.6) is 0 Å². The van der Waals surface area contributed by atoms with E-state index in [-0.39, 0.29) is 18.2 Å². The lowest BCUT2D eigenvalue weighted by Gasteiger charge is -2.23. The minimum atomic E-state index is -0.963. The number of esters is 1. The lowest BCUT2D eigenvalue weighted by Crippen LogP contribution is -2.37. The van der Waals surface area contributed by atoms with Crippen molar-refractivity contribution in [3.8, 4) is 0 Å². The molecule has 2 N–H and O–H groups in total. The van der Waals surface area contributed by atoms with Crippen molar-refractivity contribution in [2.45, 2.75) is 78.2 Å². The monoisotopic (exact) mass is 417 g/mol. The molecule has 1 amide bonds. The standard InChI is InChI=1S/C23H31NO6/c1-12-9-14(3)20-16(10-12)24-19(26)11-18-21(30-23(5,6)29-18)17(25)8-7-13(2)15(4)28-22(20)27/h7-10,13,15,17-18,21,25H,11H2,1-6H3,(H,24,26)/b8-7-/t13-,15+,17?,18+,21-/m1/s1. The third kappa shape index (κ3) is 4.91. The molecule has 2 aliphatic heterocycles. The molecule has 0 bridgehead atoms. The van der Waals surface area contributed by atoms with Crippen molar-refractivity contribution in [3.63, 3.8) is 0 Å². The molecular weight excluding hydrogens is 386 g/mol. The van der Waals surface area contributed by atoms with Crippen LogP contribution in [-0.2, 0) is 19.0 Å². The minimum Gasteiger partial charge on any atom is -0.458 e. The smallest absolute Gasteiger partial charge is 0.340 e. The maximum absolute atomic E-state index is 12.9. The summed E-state index contributed by atoms with van der Waals surface area (Å²) < 4.78 is 17.4. The van der Waals surface area contributed by atoms with E-state index in [2.05, 4.69) is 5.32 Å².